The first-order valence-corrected chi connectivity index (χ1v) is 7.01. The molecule has 0 amide bonds. The molecule has 0 atom stereocenters. The number of nitrogens with two attached hydrogens (primary N) is 1. The number of anilines is 2. The molecule has 1 fully saturated rings. The second-order valence-electron chi connectivity index (χ2n) is 4.77. The molecule has 1 aromatic heterocycles. The predicted octanol–water partition coefficient (Wildman–Crippen LogP) is 2.61. The highest BCUT2D eigenvalue weighted by atomic mass is 35.5. The van der Waals surface area contributed by atoms with E-state index in [1.54, 1.807) is 12.3 Å². The number of nitrogens with one attached hydrogen (secondary N) is 1. The monoisotopic (exact) mass is 268 g/mol. The van der Waals surface area contributed by atoms with Gasteiger partial charge < -0.3 is 16.0 Å². The number of hydrogen-bond donors (Lipinski definition) is 2. The van der Waals surface area contributed by atoms with E-state index in [-0.39, 0.29) is 0 Å². The second-order valence-corrected chi connectivity index (χ2v) is 5.21. The van der Waals surface area contributed by atoms with Crippen LogP contribution in [0, 0.1) is 0 Å². The van der Waals surface area contributed by atoms with Gasteiger partial charge in [0.15, 0.2) is 0 Å². The van der Waals surface area contributed by atoms with Gasteiger partial charge in [-0.2, -0.15) is 0 Å². The molecule has 100 valence electrons. The van der Waals surface area contributed by atoms with Crippen molar-refractivity contribution >= 4 is 23.1 Å². The highest BCUT2D eigenvalue weighted by molar-refractivity contribution is 6.30. The van der Waals surface area contributed by atoms with Crippen LogP contribution in [0.25, 0.3) is 0 Å². The molecule has 0 aromatic carbocycles. The third kappa shape index (κ3) is 4.03. The number of pyridine rings is 1. The van der Waals surface area contributed by atoms with Crippen molar-refractivity contribution in [2.24, 2.45) is 0 Å². The first-order chi connectivity index (χ1) is 8.75. The van der Waals surface area contributed by atoms with Crippen LogP contribution in [0.1, 0.15) is 25.7 Å². The first kappa shape index (κ1) is 13.4. The van der Waals surface area contributed by atoms with Gasteiger partial charge in [-0.15, -0.1) is 0 Å². The van der Waals surface area contributed by atoms with Crippen molar-refractivity contribution in [3.05, 3.63) is 17.3 Å². The van der Waals surface area contributed by atoms with E-state index in [1.807, 2.05) is 0 Å². The molecule has 0 bridgehead atoms. The maximum Gasteiger partial charge on any atom is 0.149 e. The Balaban J connectivity index is 1.77. The minimum Gasteiger partial charge on any atom is -0.396 e. The molecule has 0 saturated carbocycles. The molecule has 18 heavy (non-hydrogen) atoms. The van der Waals surface area contributed by atoms with E-state index in [1.165, 1.54) is 38.8 Å². The molecule has 5 heteroatoms. The van der Waals surface area contributed by atoms with Crippen molar-refractivity contribution in [1.29, 1.82) is 0 Å². The summed E-state index contributed by atoms with van der Waals surface area (Å²) < 4.78 is 0. The summed E-state index contributed by atoms with van der Waals surface area (Å²) >= 11 is 5.81. The Morgan fingerprint density at radius 2 is 2.00 bits per heavy atom. The van der Waals surface area contributed by atoms with Crippen LogP contribution in [-0.4, -0.2) is 36.1 Å². The summed E-state index contributed by atoms with van der Waals surface area (Å²) in [5.74, 6) is 0.731. The van der Waals surface area contributed by atoms with Gasteiger partial charge >= 0.3 is 0 Å². The Hall–Kier alpha value is -1.00. The normalized spacial score (nSPS) is 17.4. The maximum atomic E-state index is 5.84. The van der Waals surface area contributed by atoms with Gasteiger partial charge in [0.2, 0.25) is 0 Å². The smallest absolute Gasteiger partial charge is 0.149 e. The van der Waals surface area contributed by atoms with Gasteiger partial charge in [0.25, 0.3) is 0 Å². The fraction of sp³-hybridized carbons (Fsp3) is 0.615. The van der Waals surface area contributed by atoms with Crippen LogP contribution in [0.5, 0.6) is 0 Å². The fourth-order valence-corrected chi connectivity index (χ4v) is 2.46. The van der Waals surface area contributed by atoms with Gasteiger partial charge in [0, 0.05) is 19.3 Å². The lowest BCUT2D eigenvalue weighted by atomic mass is 10.2. The number of halogens is 1. The average molecular weight is 269 g/mol. The van der Waals surface area contributed by atoms with Gasteiger partial charge in [0.1, 0.15) is 5.82 Å². The third-order valence-electron chi connectivity index (χ3n) is 3.30. The Kier molecular flexibility index (Phi) is 5.08. The molecule has 0 aliphatic carbocycles. The van der Waals surface area contributed by atoms with E-state index < -0.39 is 0 Å². The van der Waals surface area contributed by atoms with Crippen molar-refractivity contribution in [2.45, 2.75) is 25.7 Å². The van der Waals surface area contributed by atoms with Crippen LogP contribution in [-0.2, 0) is 0 Å². The van der Waals surface area contributed by atoms with Crippen LogP contribution in [0.15, 0.2) is 12.3 Å². The van der Waals surface area contributed by atoms with Crippen molar-refractivity contribution in [3.63, 3.8) is 0 Å². The van der Waals surface area contributed by atoms with Crippen LogP contribution in [0.4, 0.5) is 11.5 Å². The average Bonchev–Trinajstić information content (AvgIpc) is 2.60. The summed E-state index contributed by atoms with van der Waals surface area (Å²) in [6, 6.07) is 1.73. The van der Waals surface area contributed by atoms with E-state index in [4.69, 9.17) is 17.3 Å². The van der Waals surface area contributed by atoms with E-state index in [0.29, 0.717) is 10.7 Å². The van der Waals surface area contributed by atoms with Crippen LogP contribution < -0.4 is 11.1 Å². The van der Waals surface area contributed by atoms with Crippen LogP contribution in [0.3, 0.4) is 0 Å². The Labute approximate surface area is 114 Å². The molecule has 1 aromatic rings. The maximum absolute atomic E-state index is 5.84. The summed E-state index contributed by atoms with van der Waals surface area (Å²) in [6.45, 7) is 4.35. The first-order valence-electron chi connectivity index (χ1n) is 6.63. The van der Waals surface area contributed by atoms with Crippen LogP contribution in [0.2, 0.25) is 5.02 Å². The van der Waals surface area contributed by atoms with E-state index >= 15 is 0 Å². The Morgan fingerprint density at radius 3 is 2.67 bits per heavy atom. The molecule has 1 aliphatic rings. The largest absolute Gasteiger partial charge is 0.396 e. The number of likely N-dealkylation sites (tertiary alicyclic amines) is 1. The minimum absolute atomic E-state index is 0.575. The zero-order valence-electron chi connectivity index (χ0n) is 10.7. The third-order valence-corrected chi connectivity index (χ3v) is 3.51. The van der Waals surface area contributed by atoms with Gasteiger partial charge in [-0.05, 0) is 32.0 Å². The highest BCUT2D eigenvalue weighted by Crippen LogP contribution is 2.19. The number of rotatable bonds is 4. The molecule has 0 spiro atoms. The molecule has 2 heterocycles. The van der Waals surface area contributed by atoms with Crippen molar-refractivity contribution < 1.29 is 0 Å². The zero-order valence-corrected chi connectivity index (χ0v) is 11.4. The van der Waals surface area contributed by atoms with Crippen molar-refractivity contribution in [2.75, 3.05) is 37.2 Å². The van der Waals surface area contributed by atoms with E-state index in [9.17, 15) is 0 Å². The molecule has 3 N–H and O–H groups in total. The summed E-state index contributed by atoms with van der Waals surface area (Å²) in [6.07, 6.45) is 7.00. The van der Waals surface area contributed by atoms with Crippen molar-refractivity contribution in [3.8, 4) is 0 Å². The topological polar surface area (TPSA) is 54.2 Å². The number of hydrogen-bond acceptors (Lipinski definition) is 4. The SMILES string of the molecule is Nc1cc(Cl)cnc1NCCN1CCCCCC1. The fourth-order valence-electron chi connectivity index (χ4n) is 2.29. The lowest BCUT2D eigenvalue weighted by Crippen LogP contribution is -2.30. The summed E-state index contributed by atoms with van der Waals surface area (Å²) in [4.78, 5) is 6.70. The lowest BCUT2D eigenvalue weighted by molar-refractivity contribution is 0.296. The molecule has 1 aliphatic heterocycles. The Morgan fingerprint density at radius 1 is 1.28 bits per heavy atom. The highest BCUT2D eigenvalue weighted by Gasteiger charge is 2.08. The molecule has 0 unspecified atom stereocenters. The minimum atomic E-state index is 0.575. The van der Waals surface area contributed by atoms with Gasteiger partial charge in [-0.3, -0.25) is 0 Å². The molecular formula is C13H21ClN4. The van der Waals surface area contributed by atoms with E-state index in [2.05, 4.69) is 15.2 Å². The molecular weight excluding hydrogens is 248 g/mol. The molecule has 0 radical (unpaired) electrons. The zero-order chi connectivity index (χ0) is 12.8. The number of aromatic nitrogens is 1. The molecule has 1 saturated heterocycles. The van der Waals surface area contributed by atoms with Gasteiger partial charge in [-0.25, -0.2) is 4.98 Å². The number of nitrogens with zero attached hydrogens (tertiary/aromatic N) is 2. The van der Waals surface area contributed by atoms with Crippen LogP contribution >= 0.6 is 11.6 Å². The lowest BCUT2D eigenvalue weighted by Gasteiger charge is -2.20. The molecule has 2 rings (SSSR count). The number of nitrogen functional groups attached to an aromatic ring is 1. The van der Waals surface area contributed by atoms with Gasteiger partial charge in [-0.1, -0.05) is 24.4 Å². The standard InChI is InChI=1S/C13H21ClN4/c14-11-9-12(15)13(17-10-11)16-5-8-18-6-3-1-2-4-7-18/h9-10H,1-8,15H2,(H,16,17). The summed E-state index contributed by atoms with van der Waals surface area (Å²) in [5.41, 5.74) is 6.45. The second kappa shape index (κ2) is 6.81. The quantitative estimate of drug-likeness (QED) is 0.881. The van der Waals surface area contributed by atoms with Crippen molar-refractivity contribution in [1.82, 2.24) is 9.88 Å². The summed E-state index contributed by atoms with van der Waals surface area (Å²) in [7, 11) is 0. The van der Waals surface area contributed by atoms with E-state index in [0.717, 1.165) is 18.9 Å². The Bertz CT molecular complexity index is 375. The predicted molar refractivity (Wildman–Crippen MR) is 77.1 cm³/mol. The van der Waals surface area contributed by atoms with Gasteiger partial charge in [0.05, 0.1) is 10.7 Å². The summed E-state index contributed by atoms with van der Waals surface area (Å²) in [5, 5.41) is 3.85. The molecule has 4 nitrogen and oxygen atoms in total.